The van der Waals surface area contributed by atoms with Crippen LogP contribution in [0.1, 0.15) is 25.0 Å². The second-order valence-corrected chi connectivity index (χ2v) is 5.70. The van der Waals surface area contributed by atoms with E-state index in [1.165, 1.54) is 0 Å². The molecule has 1 aromatic heterocycles. The van der Waals surface area contributed by atoms with Crippen LogP contribution in [0.2, 0.25) is 5.02 Å². The predicted octanol–water partition coefficient (Wildman–Crippen LogP) is 3.58. The lowest BCUT2D eigenvalue weighted by Gasteiger charge is -2.12. The minimum Gasteiger partial charge on any atom is -0.312 e. The minimum absolute atomic E-state index is 0.634. The maximum Gasteiger partial charge on any atom is 0.0691 e. The topological polar surface area (TPSA) is 29.9 Å². The monoisotopic (exact) mass is 277 g/mol. The first kappa shape index (κ1) is 14.1. The van der Waals surface area contributed by atoms with E-state index in [0.717, 1.165) is 34.9 Å². The molecule has 0 saturated heterocycles. The molecule has 0 bridgehead atoms. The molecule has 0 radical (unpaired) electrons. The number of halogens is 1. The SMILES string of the molecule is Cc1cnn(-c2ccc(Cl)cc2CNCC(C)C)c1. The zero-order valence-electron chi connectivity index (χ0n) is 11.7. The highest BCUT2D eigenvalue weighted by Crippen LogP contribution is 2.19. The fourth-order valence-electron chi connectivity index (χ4n) is 1.96. The molecule has 2 rings (SSSR count). The van der Waals surface area contributed by atoms with Crippen molar-refractivity contribution in [3.8, 4) is 5.69 Å². The minimum atomic E-state index is 0.634. The molecule has 0 fully saturated rings. The average molecular weight is 278 g/mol. The van der Waals surface area contributed by atoms with Gasteiger partial charge < -0.3 is 5.32 Å². The van der Waals surface area contributed by atoms with Crippen LogP contribution in [-0.4, -0.2) is 16.3 Å². The summed E-state index contributed by atoms with van der Waals surface area (Å²) in [7, 11) is 0. The predicted molar refractivity (Wildman–Crippen MR) is 79.9 cm³/mol. The van der Waals surface area contributed by atoms with Gasteiger partial charge in [-0.15, -0.1) is 0 Å². The summed E-state index contributed by atoms with van der Waals surface area (Å²) in [5, 5.41) is 8.57. The summed E-state index contributed by atoms with van der Waals surface area (Å²) in [4.78, 5) is 0. The van der Waals surface area contributed by atoms with E-state index in [-0.39, 0.29) is 0 Å². The maximum atomic E-state index is 6.09. The van der Waals surface area contributed by atoms with E-state index < -0.39 is 0 Å². The zero-order chi connectivity index (χ0) is 13.8. The number of aryl methyl sites for hydroxylation is 1. The van der Waals surface area contributed by atoms with Gasteiger partial charge in [0.05, 0.1) is 11.9 Å². The van der Waals surface area contributed by atoms with Gasteiger partial charge in [-0.25, -0.2) is 4.68 Å². The Morgan fingerprint density at radius 3 is 2.79 bits per heavy atom. The first-order valence-electron chi connectivity index (χ1n) is 6.57. The van der Waals surface area contributed by atoms with Crippen molar-refractivity contribution in [3.63, 3.8) is 0 Å². The van der Waals surface area contributed by atoms with Crippen molar-refractivity contribution in [2.24, 2.45) is 5.92 Å². The molecule has 0 amide bonds. The van der Waals surface area contributed by atoms with Gasteiger partial charge in [0.1, 0.15) is 0 Å². The Labute approximate surface area is 119 Å². The Kier molecular flexibility index (Phi) is 4.61. The first-order chi connectivity index (χ1) is 9.06. The standard InChI is InChI=1S/C15H20ClN3/c1-11(2)7-17-9-13-6-14(16)4-5-15(13)19-10-12(3)8-18-19/h4-6,8,10-11,17H,7,9H2,1-3H3. The van der Waals surface area contributed by atoms with Gasteiger partial charge in [0.25, 0.3) is 0 Å². The molecular weight excluding hydrogens is 258 g/mol. The number of benzene rings is 1. The normalized spacial score (nSPS) is 11.2. The lowest BCUT2D eigenvalue weighted by Crippen LogP contribution is -2.20. The van der Waals surface area contributed by atoms with Gasteiger partial charge in [0.2, 0.25) is 0 Å². The second kappa shape index (κ2) is 6.22. The first-order valence-corrected chi connectivity index (χ1v) is 6.95. The van der Waals surface area contributed by atoms with Gasteiger partial charge in [-0.1, -0.05) is 25.4 Å². The molecule has 0 aliphatic rings. The van der Waals surface area contributed by atoms with Crippen LogP contribution >= 0.6 is 11.6 Å². The molecule has 102 valence electrons. The number of aromatic nitrogens is 2. The summed E-state index contributed by atoms with van der Waals surface area (Å²) in [5.74, 6) is 0.634. The number of nitrogens with zero attached hydrogens (tertiary/aromatic N) is 2. The molecule has 2 aromatic rings. The second-order valence-electron chi connectivity index (χ2n) is 5.26. The Balaban J connectivity index is 2.23. The van der Waals surface area contributed by atoms with Crippen molar-refractivity contribution in [2.45, 2.75) is 27.3 Å². The number of nitrogens with one attached hydrogen (secondary N) is 1. The van der Waals surface area contributed by atoms with E-state index in [0.29, 0.717) is 5.92 Å². The highest BCUT2D eigenvalue weighted by atomic mass is 35.5. The molecule has 0 aliphatic carbocycles. The van der Waals surface area contributed by atoms with Crippen LogP contribution in [0.25, 0.3) is 5.69 Å². The molecule has 0 spiro atoms. The Hall–Kier alpha value is -1.32. The van der Waals surface area contributed by atoms with Crippen LogP contribution in [0.5, 0.6) is 0 Å². The molecule has 19 heavy (non-hydrogen) atoms. The van der Waals surface area contributed by atoms with E-state index in [1.54, 1.807) is 0 Å². The third-order valence-electron chi connectivity index (χ3n) is 2.87. The molecule has 0 saturated carbocycles. The van der Waals surface area contributed by atoms with E-state index in [1.807, 2.05) is 42.2 Å². The van der Waals surface area contributed by atoms with E-state index in [9.17, 15) is 0 Å². The van der Waals surface area contributed by atoms with Gasteiger partial charge in [0, 0.05) is 17.8 Å². The van der Waals surface area contributed by atoms with Crippen molar-refractivity contribution in [3.05, 3.63) is 46.7 Å². The maximum absolute atomic E-state index is 6.09. The third kappa shape index (κ3) is 3.82. The van der Waals surface area contributed by atoms with Gasteiger partial charge in [-0.2, -0.15) is 5.10 Å². The Morgan fingerprint density at radius 1 is 1.37 bits per heavy atom. The summed E-state index contributed by atoms with van der Waals surface area (Å²) in [6, 6.07) is 5.92. The van der Waals surface area contributed by atoms with Crippen molar-refractivity contribution in [1.82, 2.24) is 15.1 Å². The van der Waals surface area contributed by atoms with Crippen LogP contribution in [0.4, 0.5) is 0 Å². The summed E-state index contributed by atoms with van der Waals surface area (Å²) in [6.45, 7) is 8.22. The summed E-state index contributed by atoms with van der Waals surface area (Å²) >= 11 is 6.09. The van der Waals surface area contributed by atoms with Crippen molar-refractivity contribution >= 4 is 11.6 Å². The van der Waals surface area contributed by atoms with Crippen molar-refractivity contribution < 1.29 is 0 Å². The van der Waals surface area contributed by atoms with E-state index in [2.05, 4.69) is 24.3 Å². The van der Waals surface area contributed by atoms with E-state index >= 15 is 0 Å². The molecule has 1 aromatic carbocycles. The number of hydrogen-bond acceptors (Lipinski definition) is 2. The highest BCUT2D eigenvalue weighted by Gasteiger charge is 2.07. The molecule has 1 heterocycles. The quantitative estimate of drug-likeness (QED) is 0.905. The number of hydrogen-bond donors (Lipinski definition) is 1. The molecular formula is C15H20ClN3. The lowest BCUT2D eigenvalue weighted by atomic mass is 10.1. The molecule has 4 heteroatoms. The van der Waals surface area contributed by atoms with Gasteiger partial charge in [0.15, 0.2) is 0 Å². The van der Waals surface area contributed by atoms with E-state index in [4.69, 9.17) is 11.6 Å². The smallest absolute Gasteiger partial charge is 0.0691 e. The fraction of sp³-hybridized carbons (Fsp3) is 0.400. The Morgan fingerprint density at radius 2 is 2.16 bits per heavy atom. The molecule has 0 atom stereocenters. The fourth-order valence-corrected chi connectivity index (χ4v) is 2.15. The lowest BCUT2D eigenvalue weighted by molar-refractivity contribution is 0.551. The molecule has 0 aliphatic heterocycles. The average Bonchev–Trinajstić information content (AvgIpc) is 2.75. The Bertz CT molecular complexity index is 546. The summed E-state index contributed by atoms with van der Waals surface area (Å²) in [5.41, 5.74) is 3.39. The zero-order valence-corrected chi connectivity index (χ0v) is 12.4. The van der Waals surface area contributed by atoms with Crippen LogP contribution in [0.15, 0.2) is 30.6 Å². The third-order valence-corrected chi connectivity index (χ3v) is 3.10. The summed E-state index contributed by atoms with van der Waals surface area (Å²) in [6.07, 6.45) is 3.88. The van der Waals surface area contributed by atoms with Crippen LogP contribution in [0.3, 0.4) is 0 Å². The highest BCUT2D eigenvalue weighted by molar-refractivity contribution is 6.30. The van der Waals surface area contributed by atoms with Crippen LogP contribution in [-0.2, 0) is 6.54 Å². The largest absolute Gasteiger partial charge is 0.312 e. The van der Waals surface area contributed by atoms with Crippen molar-refractivity contribution in [1.29, 1.82) is 0 Å². The van der Waals surface area contributed by atoms with Gasteiger partial charge >= 0.3 is 0 Å². The molecule has 1 N–H and O–H groups in total. The van der Waals surface area contributed by atoms with Gasteiger partial charge in [-0.3, -0.25) is 0 Å². The molecule has 3 nitrogen and oxygen atoms in total. The van der Waals surface area contributed by atoms with Crippen molar-refractivity contribution in [2.75, 3.05) is 6.54 Å². The van der Waals surface area contributed by atoms with Crippen LogP contribution in [0, 0.1) is 12.8 Å². The van der Waals surface area contributed by atoms with Crippen LogP contribution < -0.4 is 5.32 Å². The molecule has 0 unspecified atom stereocenters. The van der Waals surface area contributed by atoms with Gasteiger partial charge in [-0.05, 0) is 48.7 Å². The number of rotatable bonds is 5. The summed E-state index contributed by atoms with van der Waals surface area (Å²) < 4.78 is 1.90.